The van der Waals surface area contributed by atoms with Crippen molar-refractivity contribution in [3.63, 3.8) is 0 Å². The lowest BCUT2D eigenvalue weighted by Crippen LogP contribution is -2.01. The third-order valence-corrected chi connectivity index (χ3v) is 4.35. The molecule has 0 fully saturated rings. The van der Waals surface area contributed by atoms with Gasteiger partial charge in [0.05, 0.1) is 12.5 Å². The van der Waals surface area contributed by atoms with Gasteiger partial charge in [-0.05, 0) is 42.0 Å². The number of hydrogen-bond donors (Lipinski definition) is 0. The average molecular weight is 358 g/mol. The normalized spacial score (nSPS) is 11.3. The van der Waals surface area contributed by atoms with Gasteiger partial charge in [0.2, 0.25) is 0 Å². The average Bonchev–Trinajstić information content (AvgIpc) is 2.71. The molecule has 0 N–H and O–H groups in total. The SMILES string of the molecule is COc1ccc2c(c1)c(=O)oc1cc(OCC=Cc3ccccc3)ccc12. The van der Waals surface area contributed by atoms with Crippen molar-refractivity contribution in [2.24, 2.45) is 0 Å². The van der Waals surface area contributed by atoms with Crippen molar-refractivity contribution < 1.29 is 13.9 Å². The van der Waals surface area contributed by atoms with E-state index in [9.17, 15) is 4.79 Å². The van der Waals surface area contributed by atoms with Crippen LogP contribution in [0.3, 0.4) is 0 Å². The van der Waals surface area contributed by atoms with E-state index in [2.05, 4.69) is 0 Å². The van der Waals surface area contributed by atoms with E-state index >= 15 is 0 Å². The molecular weight excluding hydrogens is 340 g/mol. The van der Waals surface area contributed by atoms with Gasteiger partial charge in [0, 0.05) is 16.8 Å². The fraction of sp³-hybridized carbons (Fsp3) is 0.0870. The summed E-state index contributed by atoms with van der Waals surface area (Å²) in [4.78, 5) is 12.3. The Hall–Kier alpha value is -3.53. The van der Waals surface area contributed by atoms with Crippen molar-refractivity contribution in [2.75, 3.05) is 13.7 Å². The molecule has 3 aromatic carbocycles. The smallest absolute Gasteiger partial charge is 0.344 e. The molecule has 4 rings (SSSR count). The summed E-state index contributed by atoms with van der Waals surface area (Å²) in [6.45, 7) is 0.426. The summed E-state index contributed by atoms with van der Waals surface area (Å²) in [5.74, 6) is 1.27. The zero-order chi connectivity index (χ0) is 18.6. The molecule has 1 heterocycles. The molecule has 0 saturated carbocycles. The molecule has 0 atom stereocenters. The van der Waals surface area contributed by atoms with E-state index in [0.717, 1.165) is 16.3 Å². The minimum atomic E-state index is -0.391. The van der Waals surface area contributed by atoms with E-state index in [-0.39, 0.29) is 0 Å². The second-order valence-electron chi connectivity index (χ2n) is 6.08. The number of ether oxygens (including phenoxy) is 2. The van der Waals surface area contributed by atoms with Gasteiger partial charge in [-0.25, -0.2) is 4.79 Å². The minimum Gasteiger partial charge on any atom is -0.497 e. The lowest BCUT2D eigenvalue weighted by Gasteiger charge is -2.07. The zero-order valence-corrected chi connectivity index (χ0v) is 14.8. The van der Waals surface area contributed by atoms with Gasteiger partial charge in [-0.15, -0.1) is 0 Å². The summed E-state index contributed by atoms with van der Waals surface area (Å²) in [5, 5.41) is 2.19. The zero-order valence-electron chi connectivity index (χ0n) is 14.8. The number of benzene rings is 3. The van der Waals surface area contributed by atoms with E-state index in [1.54, 1.807) is 19.2 Å². The van der Waals surface area contributed by atoms with Crippen LogP contribution in [0.4, 0.5) is 0 Å². The fourth-order valence-corrected chi connectivity index (χ4v) is 3.00. The summed E-state index contributed by atoms with van der Waals surface area (Å²) in [6.07, 6.45) is 3.95. The third kappa shape index (κ3) is 3.55. The van der Waals surface area contributed by atoms with Crippen LogP contribution in [0.2, 0.25) is 0 Å². The highest BCUT2D eigenvalue weighted by molar-refractivity contribution is 6.04. The van der Waals surface area contributed by atoms with Gasteiger partial charge in [-0.1, -0.05) is 36.4 Å². The summed E-state index contributed by atoms with van der Waals surface area (Å²) in [5.41, 5.74) is 1.23. The van der Waals surface area contributed by atoms with Gasteiger partial charge in [0.1, 0.15) is 23.7 Å². The summed E-state index contributed by atoms with van der Waals surface area (Å²) >= 11 is 0. The molecule has 0 radical (unpaired) electrons. The largest absolute Gasteiger partial charge is 0.497 e. The van der Waals surface area contributed by atoms with E-state index in [1.165, 1.54) is 0 Å². The molecule has 1 aromatic heterocycles. The molecule has 0 unspecified atom stereocenters. The summed E-state index contributed by atoms with van der Waals surface area (Å²) in [6, 6.07) is 21.0. The molecule has 0 spiro atoms. The monoisotopic (exact) mass is 358 g/mol. The number of hydrogen-bond acceptors (Lipinski definition) is 4. The predicted molar refractivity (Wildman–Crippen MR) is 108 cm³/mol. The van der Waals surface area contributed by atoms with Crippen LogP contribution in [0.25, 0.3) is 27.8 Å². The topological polar surface area (TPSA) is 48.7 Å². The van der Waals surface area contributed by atoms with Gasteiger partial charge in [-0.2, -0.15) is 0 Å². The lowest BCUT2D eigenvalue weighted by atomic mass is 10.1. The number of rotatable bonds is 5. The van der Waals surface area contributed by atoms with Crippen LogP contribution in [0.1, 0.15) is 5.56 Å². The lowest BCUT2D eigenvalue weighted by molar-refractivity contribution is 0.363. The second kappa shape index (κ2) is 7.38. The van der Waals surface area contributed by atoms with Gasteiger partial charge >= 0.3 is 5.63 Å². The van der Waals surface area contributed by atoms with E-state index < -0.39 is 5.63 Å². The molecule has 0 aliphatic carbocycles. The molecule has 0 saturated heterocycles. The minimum absolute atomic E-state index is 0.391. The van der Waals surface area contributed by atoms with Crippen LogP contribution in [-0.2, 0) is 0 Å². The predicted octanol–water partition coefficient (Wildman–Crippen LogP) is 5.05. The maximum atomic E-state index is 12.3. The number of methoxy groups -OCH3 is 1. The van der Waals surface area contributed by atoms with Crippen LogP contribution in [0, 0.1) is 0 Å². The maximum absolute atomic E-state index is 12.3. The number of fused-ring (bicyclic) bond motifs is 3. The standard InChI is InChI=1S/C23H18O4/c1-25-17-9-11-19-20-12-10-18(15-22(20)27-23(24)21(19)14-17)26-13-5-8-16-6-3-2-4-7-16/h2-12,14-15H,13H2,1H3. The summed E-state index contributed by atoms with van der Waals surface area (Å²) < 4.78 is 16.4. The molecule has 4 heteroatoms. The Labute approximate surface area is 156 Å². The second-order valence-corrected chi connectivity index (χ2v) is 6.08. The Balaban J connectivity index is 1.60. The van der Waals surface area contributed by atoms with Crippen molar-refractivity contribution in [3.05, 3.63) is 88.8 Å². The molecule has 134 valence electrons. The van der Waals surface area contributed by atoms with E-state index in [0.29, 0.717) is 29.1 Å². The van der Waals surface area contributed by atoms with Gasteiger partial charge in [0.15, 0.2) is 0 Å². The molecule has 4 aromatic rings. The van der Waals surface area contributed by atoms with Crippen LogP contribution in [0.5, 0.6) is 11.5 Å². The van der Waals surface area contributed by atoms with Crippen molar-refractivity contribution in [2.45, 2.75) is 0 Å². The van der Waals surface area contributed by atoms with Crippen molar-refractivity contribution >= 4 is 27.8 Å². The molecule has 27 heavy (non-hydrogen) atoms. The Kier molecular flexibility index (Phi) is 4.62. The first-order chi connectivity index (χ1) is 13.2. The Bertz CT molecular complexity index is 1170. The Morgan fingerprint density at radius 3 is 2.48 bits per heavy atom. The quantitative estimate of drug-likeness (QED) is 0.370. The maximum Gasteiger partial charge on any atom is 0.344 e. The molecule has 0 aliphatic heterocycles. The fourth-order valence-electron chi connectivity index (χ4n) is 3.00. The van der Waals surface area contributed by atoms with Crippen molar-refractivity contribution in [3.8, 4) is 11.5 Å². The first kappa shape index (κ1) is 16.9. The van der Waals surface area contributed by atoms with E-state index in [1.807, 2.05) is 66.7 Å². The highest BCUT2D eigenvalue weighted by Crippen LogP contribution is 2.28. The van der Waals surface area contributed by atoms with Gasteiger partial charge < -0.3 is 13.9 Å². The van der Waals surface area contributed by atoms with Crippen LogP contribution in [-0.4, -0.2) is 13.7 Å². The highest BCUT2D eigenvalue weighted by Gasteiger charge is 2.09. The first-order valence-corrected chi connectivity index (χ1v) is 8.63. The van der Waals surface area contributed by atoms with Crippen LogP contribution in [0.15, 0.2) is 82.0 Å². The molecule has 0 amide bonds. The van der Waals surface area contributed by atoms with E-state index in [4.69, 9.17) is 13.9 Å². The van der Waals surface area contributed by atoms with Crippen LogP contribution >= 0.6 is 0 Å². The first-order valence-electron chi connectivity index (χ1n) is 8.63. The molecule has 0 bridgehead atoms. The van der Waals surface area contributed by atoms with Crippen LogP contribution < -0.4 is 15.1 Å². The Morgan fingerprint density at radius 2 is 1.67 bits per heavy atom. The van der Waals surface area contributed by atoms with Crippen molar-refractivity contribution in [1.29, 1.82) is 0 Å². The highest BCUT2D eigenvalue weighted by atomic mass is 16.5. The molecule has 0 aliphatic rings. The van der Waals surface area contributed by atoms with Gasteiger partial charge in [0.25, 0.3) is 0 Å². The van der Waals surface area contributed by atoms with Crippen molar-refractivity contribution in [1.82, 2.24) is 0 Å². The van der Waals surface area contributed by atoms with Gasteiger partial charge in [-0.3, -0.25) is 0 Å². The Morgan fingerprint density at radius 1 is 0.889 bits per heavy atom. The summed E-state index contributed by atoms with van der Waals surface area (Å²) in [7, 11) is 1.57. The third-order valence-electron chi connectivity index (χ3n) is 4.35. The molecule has 4 nitrogen and oxygen atoms in total. The molecular formula is C23H18O4.